The van der Waals surface area contributed by atoms with E-state index in [1.54, 1.807) is 30.3 Å². The van der Waals surface area contributed by atoms with Crippen LogP contribution in [0.5, 0.6) is 5.75 Å². The maximum atomic E-state index is 13.6. The van der Waals surface area contributed by atoms with E-state index in [-0.39, 0.29) is 11.3 Å². The number of carbonyl (C=O) groups excluding carboxylic acids is 2. The van der Waals surface area contributed by atoms with Crippen LogP contribution in [-0.2, 0) is 16.1 Å². The summed E-state index contributed by atoms with van der Waals surface area (Å²) in [6, 6.07) is 23.2. The van der Waals surface area contributed by atoms with Crippen molar-refractivity contribution < 1.29 is 19.1 Å². The average Bonchev–Trinajstić information content (AvgIpc) is 2.90. The Morgan fingerprint density at radius 1 is 0.892 bits per heavy atom. The second kappa shape index (κ2) is 10.8. The quantitative estimate of drug-likeness (QED) is 0.267. The third-order valence-electron chi connectivity index (χ3n) is 6.10. The molecule has 0 fully saturated rings. The van der Waals surface area contributed by atoms with Gasteiger partial charge in [-0.15, -0.1) is 0 Å². The molecular weight excluding hydrogens is 464 g/mol. The fourth-order valence-corrected chi connectivity index (χ4v) is 4.24. The Balaban J connectivity index is 1.70. The highest BCUT2D eigenvalue weighted by atomic mass is 16.5. The van der Waals surface area contributed by atoms with E-state index in [1.807, 2.05) is 69.3 Å². The van der Waals surface area contributed by atoms with Gasteiger partial charge in [0.05, 0.1) is 26.3 Å². The zero-order valence-corrected chi connectivity index (χ0v) is 21.9. The van der Waals surface area contributed by atoms with Gasteiger partial charge >= 0.3 is 5.97 Å². The van der Waals surface area contributed by atoms with Gasteiger partial charge in [-0.1, -0.05) is 57.2 Å². The molecule has 6 heteroatoms. The van der Waals surface area contributed by atoms with Crippen LogP contribution >= 0.6 is 0 Å². The standard InChI is InChI=1S/C31H32N2O4/c1-31(2,3)19-28(34)33(29-27-14-13-25(30(35)37-5)17-24(27)15-16-32-29)20-21-9-11-22(12-10-21)23-7-6-8-26(18-23)36-4/h6-18H,19-20H2,1-5H3. The maximum Gasteiger partial charge on any atom is 0.337 e. The predicted molar refractivity (Wildman–Crippen MR) is 147 cm³/mol. The van der Waals surface area contributed by atoms with Crippen molar-refractivity contribution in [1.82, 2.24) is 4.98 Å². The number of methoxy groups -OCH3 is 2. The third kappa shape index (κ3) is 6.15. The molecule has 37 heavy (non-hydrogen) atoms. The highest BCUT2D eigenvalue weighted by Crippen LogP contribution is 2.30. The van der Waals surface area contributed by atoms with Gasteiger partial charge < -0.3 is 9.47 Å². The number of pyridine rings is 1. The van der Waals surface area contributed by atoms with E-state index in [0.29, 0.717) is 24.3 Å². The molecule has 6 nitrogen and oxygen atoms in total. The fourth-order valence-electron chi connectivity index (χ4n) is 4.24. The Labute approximate surface area is 217 Å². The van der Waals surface area contributed by atoms with Crippen molar-refractivity contribution in [3.63, 3.8) is 0 Å². The molecule has 3 aromatic carbocycles. The van der Waals surface area contributed by atoms with Crippen molar-refractivity contribution in [2.45, 2.75) is 33.7 Å². The Hall–Kier alpha value is -4.19. The normalized spacial score (nSPS) is 11.3. The lowest BCUT2D eigenvalue weighted by Crippen LogP contribution is -2.34. The summed E-state index contributed by atoms with van der Waals surface area (Å²) in [4.78, 5) is 32.0. The van der Waals surface area contributed by atoms with Crippen molar-refractivity contribution in [2.24, 2.45) is 5.41 Å². The smallest absolute Gasteiger partial charge is 0.337 e. The first-order valence-corrected chi connectivity index (χ1v) is 12.2. The molecule has 190 valence electrons. The molecule has 1 heterocycles. The van der Waals surface area contributed by atoms with Gasteiger partial charge in [-0.2, -0.15) is 0 Å². The molecule has 0 aliphatic carbocycles. The number of esters is 1. The summed E-state index contributed by atoms with van der Waals surface area (Å²) in [6.07, 6.45) is 2.04. The van der Waals surface area contributed by atoms with Gasteiger partial charge in [-0.25, -0.2) is 9.78 Å². The number of hydrogen-bond acceptors (Lipinski definition) is 5. The number of ether oxygens (including phenoxy) is 2. The number of nitrogens with zero attached hydrogens (tertiary/aromatic N) is 2. The molecule has 0 aliphatic rings. The van der Waals surface area contributed by atoms with E-state index in [0.717, 1.165) is 33.2 Å². The highest BCUT2D eigenvalue weighted by molar-refractivity contribution is 6.04. The van der Waals surface area contributed by atoms with E-state index in [4.69, 9.17) is 9.47 Å². The number of anilines is 1. The maximum absolute atomic E-state index is 13.6. The SMILES string of the molecule is COC(=O)c1ccc2c(N(Cc3ccc(-c4cccc(OC)c4)cc3)C(=O)CC(C)(C)C)nccc2c1. The van der Waals surface area contributed by atoms with E-state index in [2.05, 4.69) is 17.1 Å². The molecule has 0 spiro atoms. The number of amides is 1. The fraction of sp³-hybridized carbons (Fsp3) is 0.258. The second-order valence-electron chi connectivity index (χ2n) is 10.2. The molecule has 0 saturated heterocycles. The summed E-state index contributed by atoms with van der Waals surface area (Å²) in [5.74, 6) is 0.955. The summed E-state index contributed by atoms with van der Waals surface area (Å²) >= 11 is 0. The number of fused-ring (bicyclic) bond motifs is 1. The molecule has 0 bridgehead atoms. The van der Waals surface area contributed by atoms with Crippen LogP contribution in [0, 0.1) is 5.41 Å². The Morgan fingerprint density at radius 2 is 1.65 bits per heavy atom. The van der Waals surface area contributed by atoms with Crippen LogP contribution in [0.2, 0.25) is 0 Å². The van der Waals surface area contributed by atoms with E-state index >= 15 is 0 Å². The zero-order valence-electron chi connectivity index (χ0n) is 21.9. The van der Waals surface area contributed by atoms with Crippen LogP contribution < -0.4 is 9.64 Å². The van der Waals surface area contributed by atoms with Crippen molar-refractivity contribution >= 4 is 28.5 Å². The van der Waals surface area contributed by atoms with Crippen molar-refractivity contribution in [3.8, 4) is 16.9 Å². The first-order valence-electron chi connectivity index (χ1n) is 12.2. The molecule has 0 N–H and O–H groups in total. The van der Waals surface area contributed by atoms with Gasteiger partial charge in [-0.3, -0.25) is 9.69 Å². The van der Waals surface area contributed by atoms with Crippen LogP contribution in [0.25, 0.3) is 21.9 Å². The molecule has 0 aliphatic heterocycles. The highest BCUT2D eigenvalue weighted by Gasteiger charge is 2.25. The predicted octanol–water partition coefficient (Wildman–Crippen LogP) is 6.67. The number of carbonyl (C=O) groups is 2. The van der Waals surface area contributed by atoms with Gasteiger partial charge in [0.1, 0.15) is 11.6 Å². The van der Waals surface area contributed by atoms with E-state index < -0.39 is 5.97 Å². The lowest BCUT2D eigenvalue weighted by atomic mass is 9.91. The average molecular weight is 497 g/mol. The monoisotopic (exact) mass is 496 g/mol. The van der Waals surface area contributed by atoms with Crippen LogP contribution in [0.1, 0.15) is 43.1 Å². The lowest BCUT2D eigenvalue weighted by molar-refractivity contribution is -0.120. The largest absolute Gasteiger partial charge is 0.497 e. The molecule has 0 radical (unpaired) electrons. The topological polar surface area (TPSA) is 68.7 Å². The minimum atomic E-state index is -0.406. The third-order valence-corrected chi connectivity index (χ3v) is 6.10. The van der Waals surface area contributed by atoms with Gasteiger partial charge in [-0.05, 0) is 63.9 Å². The van der Waals surface area contributed by atoms with Crippen LogP contribution in [0.3, 0.4) is 0 Å². The molecule has 4 rings (SSSR count). The Morgan fingerprint density at radius 3 is 2.32 bits per heavy atom. The number of hydrogen-bond donors (Lipinski definition) is 0. The lowest BCUT2D eigenvalue weighted by Gasteiger charge is -2.27. The summed E-state index contributed by atoms with van der Waals surface area (Å²) < 4.78 is 10.2. The molecule has 0 atom stereocenters. The summed E-state index contributed by atoms with van der Waals surface area (Å²) in [6.45, 7) is 6.51. The zero-order chi connectivity index (χ0) is 26.6. The van der Waals surface area contributed by atoms with Crippen LogP contribution in [0.15, 0.2) is 79.0 Å². The van der Waals surface area contributed by atoms with Crippen LogP contribution in [0.4, 0.5) is 5.82 Å². The molecule has 4 aromatic rings. The van der Waals surface area contributed by atoms with Crippen molar-refractivity contribution in [2.75, 3.05) is 19.1 Å². The summed E-state index contributed by atoms with van der Waals surface area (Å²) in [5.41, 5.74) is 3.37. The van der Waals surface area contributed by atoms with E-state index in [1.165, 1.54) is 7.11 Å². The number of benzene rings is 3. The van der Waals surface area contributed by atoms with Crippen LogP contribution in [-0.4, -0.2) is 31.1 Å². The minimum absolute atomic E-state index is 0.0126. The minimum Gasteiger partial charge on any atom is -0.497 e. The molecule has 1 aromatic heterocycles. The van der Waals surface area contributed by atoms with Gasteiger partial charge in [0.15, 0.2) is 0 Å². The van der Waals surface area contributed by atoms with Gasteiger partial charge in [0.2, 0.25) is 5.91 Å². The van der Waals surface area contributed by atoms with Crippen molar-refractivity contribution in [1.29, 1.82) is 0 Å². The molecule has 0 saturated carbocycles. The Kier molecular flexibility index (Phi) is 7.58. The first-order chi connectivity index (χ1) is 17.7. The Bertz CT molecular complexity index is 1420. The molecular formula is C31H32N2O4. The van der Waals surface area contributed by atoms with Gasteiger partial charge in [0, 0.05) is 18.0 Å². The van der Waals surface area contributed by atoms with Crippen molar-refractivity contribution in [3.05, 3.63) is 90.1 Å². The molecule has 0 unspecified atom stereocenters. The van der Waals surface area contributed by atoms with E-state index in [9.17, 15) is 9.59 Å². The summed E-state index contributed by atoms with van der Waals surface area (Å²) in [5, 5.41) is 1.61. The number of aromatic nitrogens is 1. The molecule has 1 amide bonds. The number of rotatable bonds is 7. The van der Waals surface area contributed by atoms with Gasteiger partial charge in [0.25, 0.3) is 0 Å². The first kappa shape index (κ1) is 25.9. The summed E-state index contributed by atoms with van der Waals surface area (Å²) in [7, 11) is 3.01. The second-order valence-corrected chi connectivity index (χ2v) is 10.2.